The number of aromatic nitrogens is 1. The van der Waals surface area contributed by atoms with E-state index in [4.69, 9.17) is 0 Å². The van der Waals surface area contributed by atoms with Crippen molar-refractivity contribution in [2.75, 3.05) is 6.54 Å². The fraction of sp³-hybridized carbons (Fsp3) is 0.600. The Hall–Kier alpha value is -0.420. The van der Waals surface area contributed by atoms with E-state index in [0.29, 0.717) is 0 Å². The fourth-order valence-corrected chi connectivity index (χ4v) is 3.06. The Morgan fingerprint density at radius 3 is 2.87 bits per heavy atom. The Bertz CT molecular complexity index is 364. The standard InChI is InChI=1S/C10H13BrN2OS/c1-10(2,9-12-4-6-15-9)13-5-3-7(11)8(13)14/h4,6-7H,3,5H2,1-2H3. The van der Waals surface area contributed by atoms with Gasteiger partial charge in [-0.25, -0.2) is 4.98 Å². The van der Waals surface area contributed by atoms with Gasteiger partial charge in [-0.1, -0.05) is 15.9 Å². The zero-order chi connectivity index (χ0) is 11.1. The molecule has 0 spiro atoms. The van der Waals surface area contributed by atoms with Gasteiger partial charge in [0.1, 0.15) is 5.01 Å². The van der Waals surface area contributed by atoms with E-state index in [-0.39, 0.29) is 16.3 Å². The number of halogens is 1. The van der Waals surface area contributed by atoms with Crippen LogP contribution in [0.4, 0.5) is 0 Å². The summed E-state index contributed by atoms with van der Waals surface area (Å²) in [6.45, 7) is 4.91. The lowest BCUT2D eigenvalue weighted by Crippen LogP contribution is -2.43. The molecule has 3 nitrogen and oxygen atoms in total. The van der Waals surface area contributed by atoms with Gasteiger partial charge in [0.15, 0.2) is 0 Å². The molecular weight excluding hydrogens is 276 g/mol. The maximum Gasteiger partial charge on any atom is 0.237 e. The molecule has 0 bridgehead atoms. The van der Waals surface area contributed by atoms with Crippen molar-refractivity contribution in [2.24, 2.45) is 0 Å². The Labute approximate surface area is 102 Å². The van der Waals surface area contributed by atoms with Crippen LogP contribution in [0.1, 0.15) is 25.3 Å². The SMILES string of the molecule is CC(C)(c1nccs1)N1CCC(Br)C1=O. The number of hydrogen-bond donors (Lipinski definition) is 0. The quantitative estimate of drug-likeness (QED) is 0.783. The lowest BCUT2D eigenvalue weighted by atomic mass is 10.0. The van der Waals surface area contributed by atoms with Crippen LogP contribution in [-0.2, 0) is 10.3 Å². The van der Waals surface area contributed by atoms with Crippen LogP contribution in [0.3, 0.4) is 0 Å². The number of carbonyl (C=O) groups excluding carboxylic acids is 1. The summed E-state index contributed by atoms with van der Waals surface area (Å²) >= 11 is 4.99. The van der Waals surface area contributed by atoms with Gasteiger partial charge in [-0.3, -0.25) is 4.79 Å². The van der Waals surface area contributed by atoms with Crippen LogP contribution < -0.4 is 0 Å². The van der Waals surface area contributed by atoms with Crippen LogP contribution in [0.5, 0.6) is 0 Å². The molecular formula is C10H13BrN2OS. The smallest absolute Gasteiger partial charge is 0.237 e. The predicted octanol–water partition coefficient (Wildman–Crippen LogP) is 2.37. The van der Waals surface area contributed by atoms with E-state index in [9.17, 15) is 4.79 Å². The molecule has 0 aliphatic carbocycles. The molecule has 15 heavy (non-hydrogen) atoms. The van der Waals surface area contributed by atoms with Crippen molar-refractivity contribution in [3.63, 3.8) is 0 Å². The lowest BCUT2D eigenvalue weighted by molar-refractivity contribution is -0.132. The van der Waals surface area contributed by atoms with E-state index in [1.807, 2.05) is 10.3 Å². The van der Waals surface area contributed by atoms with E-state index in [0.717, 1.165) is 18.0 Å². The van der Waals surface area contributed by atoms with Crippen LogP contribution in [0, 0.1) is 0 Å². The second-order valence-electron chi connectivity index (χ2n) is 4.14. The number of alkyl halides is 1. The van der Waals surface area contributed by atoms with Crippen molar-refractivity contribution in [2.45, 2.75) is 30.6 Å². The summed E-state index contributed by atoms with van der Waals surface area (Å²) in [5, 5.41) is 2.95. The van der Waals surface area contributed by atoms with Crippen molar-refractivity contribution >= 4 is 33.2 Å². The van der Waals surface area contributed by atoms with Gasteiger partial charge < -0.3 is 4.90 Å². The highest BCUT2D eigenvalue weighted by atomic mass is 79.9. The zero-order valence-electron chi connectivity index (χ0n) is 8.74. The van der Waals surface area contributed by atoms with E-state index in [1.54, 1.807) is 17.5 Å². The maximum atomic E-state index is 11.9. The van der Waals surface area contributed by atoms with Crippen molar-refractivity contribution in [1.82, 2.24) is 9.88 Å². The predicted molar refractivity (Wildman–Crippen MR) is 64.2 cm³/mol. The molecule has 82 valence electrons. The van der Waals surface area contributed by atoms with Crippen LogP contribution in [0.15, 0.2) is 11.6 Å². The minimum atomic E-state index is -0.284. The molecule has 2 heterocycles. The second-order valence-corrected chi connectivity index (χ2v) is 6.14. The van der Waals surface area contributed by atoms with Crippen LogP contribution in [-0.4, -0.2) is 27.2 Å². The molecule has 0 saturated carbocycles. The molecule has 2 rings (SSSR count). The summed E-state index contributed by atoms with van der Waals surface area (Å²) in [6.07, 6.45) is 2.67. The summed E-state index contributed by atoms with van der Waals surface area (Å²) in [4.78, 5) is 18.1. The maximum absolute atomic E-state index is 11.9. The third-order valence-corrected chi connectivity index (χ3v) is 4.71. The normalized spacial score (nSPS) is 22.5. The first-order chi connectivity index (χ1) is 7.03. The number of hydrogen-bond acceptors (Lipinski definition) is 3. The number of thiazole rings is 1. The first kappa shape index (κ1) is 11.1. The van der Waals surface area contributed by atoms with Gasteiger partial charge in [-0.15, -0.1) is 11.3 Å². The van der Waals surface area contributed by atoms with Crippen LogP contribution in [0.25, 0.3) is 0 Å². The number of nitrogens with zero attached hydrogens (tertiary/aromatic N) is 2. The Balaban J connectivity index is 2.27. The molecule has 0 N–H and O–H groups in total. The number of likely N-dealkylation sites (tertiary alicyclic amines) is 1. The first-order valence-corrected chi connectivity index (χ1v) is 6.68. The molecule has 1 aliphatic heterocycles. The minimum Gasteiger partial charge on any atom is -0.330 e. The highest BCUT2D eigenvalue weighted by molar-refractivity contribution is 9.10. The minimum absolute atomic E-state index is 0.0169. The second kappa shape index (κ2) is 3.87. The molecule has 0 radical (unpaired) electrons. The van der Waals surface area contributed by atoms with Gasteiger partial charge in [-0.05, 0) is 20.3 Å². The highest BCUT2D eigenvalue weighted by Crippen LogP contribution is 2.34. The Kier molecular flexibility index (Phi) is 2.85. The average molecular weight is 289 g/mol. The fourth-order valence-electron chi connectivity index (χ4n) is 1.84. The van der Waals surface area contributed by atoms with Crippen molar-refractivity contribution in [3.8, 4) is 0 Å². The molecule has 1 amide bonds. The number of amides is 1. The highest BCUT2D eigenvalue weighted by Gasteiger charge is 2.41. The van der Waals surface area contributed by atoms with Gasteiger partial charge in [0, 0.05) is 18.1 Å². The molecule has 1 atom stereocenters. The van der Waals surface area contributed by atoms with Crippen LogP contribution >= 0.6 is 27.3 Å². The molecule has 0 aromatic carbocycles. The summed E-state index contributed by atoms with van der Waals surface area (Å²) < 4.78 is 0. The summed E-state index contributed by atoms with van der Waals surface area (Å²) in [5.41, 5.74) is -0.284. The van der Waals surface area contributed by atoms with E-state index in [1.165, 1.54) is 0 Å². The van der Waals surface area contributed by atoms with Crippen molar-refractivity contribution in [1.29, 1.82) is 0 Å². The summed E-state index contributed by atoms with van der Waals surface area (Å²) in [5.74, 6) is 0.176. The van der Waals surface area contributed by atoms with Gasteiger partial charge >= 0.3 is 0 Å². The van der Waals surface area contributed by atoms with Gasteiger partial charge in [0.05, 0.1) is 10.4 Å². The average Bonchev–Trinajstić information content (AvgIpc) is 2.78. The molecule has 1 saturated heterocycles. The number of carbonyl (C=O) groups is 1. The summed E-state index contributed by atoms with van der Waals surface area (Å²) in [6, 6.07) is 0. The van der Waals surface area contributed by atoms with Gasteiger partial charge in [0.25, 0.3) is 0 Å². The summed E-state index contributed by atoms with van der Waals surface area (Å²) in [7, 11) is 0. The Morgan fingerprint density at radius 1 is 1.67 bits per heavy atom. The lowest BCUT2D eigenvalue weighted by Gasteiger charge is -2.33. The zero-order valence-corrected chi connectivity index (χ0v) is 11.1. The number of rotatable bonds is 2. The molecule has 1 unspecified atom stereocenters. The van der Waals surface area contributed by atoms with Gasteiger partial charge in [-0.2, -0.15) is 0 Å². The van der Waals surface area contributed by atoms with E-state index < -0.39 is 0 Å². The molecule has 1 aromatic heterocycles. The molecule has 1 aromatic rings. The third-order valence-electron chi connectivity index (χ3n) is 2.77. The molecule has 5 heteroatoms. The Morgan fingerprint density at radius 2 is 2.40 bits per heavy atom. The van der Waals surface area contributed by atoms with E-state index in [2.05, 4.69) is 34.8 Å². The van der Waals surface area contributed by atoms with Crippen molar-refractivity contribution < 1.29 is 4.79 Å². The topological polar surface area (TPSA) is 33.2 Å². The van der Waals surface area contributed by atoms with Gasteiger partial charge in [0.2, 0.25) is 5.91 Å². The van der Waals surface area contributed by atoms with E-state index >= 15 is 0 Å². The molecule has 1 fully saturated rings. The first-order valence-electron chi connectivity index (χ1n) is 4.89. The largest absolute Gasteiger partial charge is 0.330 e. The molecule has 1 aliphatic rings. The monoisotopic (exact) mass is 288 g/mol. The van der Waals surface area contributed by atoms with Crippen LogP contribution in [0.2, 0.25) is 0 Å². The third kappa shape index (κ3) is 1.83. The van der Waals surface area contributed by atoms with Crippen molar-refractivity contribution in [3.05, 3.63) is 16.6 Å².